The first kappa shape index (κ1) is 12.0. The molecule has 0 amide bonds. The van der Waals surface area contributed by atoms with E-state index in [-0.39, 0.29) is 12.4 Å². The Morgan fingerprint density at radius 2 is 2.35 bits per heavy atom. The molecule has 0 radical (unpaired) electrons. The third-order valence-electron chi connectivity index (χ3n) is 2.27. The van der Waals surface area contributed by atoms with Crippen LogP contribution in [-0.4, -0.2) is 10.1 Å². The van der Waals surface area contributed by atoms with Crippen molar-refractivity contribution >= 4 is 11.3 Å². The second-order valence-electron chi connectivity index (χ2n) is 3.58. The van der Waals surface area contributed by atoms with Crippen molar-refractivity contribution in [2.75, 3.05) is 0 Å². The maximum Gasteiger partial charge on any atom is 0.165 e. The van der Waals surface area contributed by atoms with E-state index in [9.17, 15) is 9.50 Å². The molecule has 0 aliphatic carbocycles. The molecule has 1 atom stereocenters. The van der Waals surface area contributed by atoms with E-state index in [4.69, 9.17) is 4.74 Å². The lowest BCUT2D eigenvalue weighted by Gasteiger charge is -2.08. The molecule has 0 bridgehead atoms. The van der Waals surface area contributed by atoms with Gasteiger partial charge in [0.2, 0.25) is 0 Å². The first-order valence-electron chi connectivity index (χ1n) is 5.15. The molecule has 0 saturated heterocycles. The van der Waals surface area contributed by atoms with E-state index in [0.29, 0.717) is 5.56 Å². The molecule has 0 fully saturated rings. The fraction of sp³-hybridized carbons (Fsp3) is 0.250. The van der Waals surface area contributed by atoms with Gasteiger partial charge in [-0.05, 0) is 24.6 Å². The van der Waals surface area contributed by atoms with Crippen molar-refractivity contribution in [1.29, 1.82) is 0 Å². The summed E-state index contributed by atoms with van der Waals surface area (Å²) in [5, 5.41) is 11.9. The van der Waals surface area contributed by atoms with Gasteiger partial charge in [0.1, 0.15) is 11.6 Å². The van der Waals surface area contributed by atoms with Gasteiger partial charge in [-0.25, -0.2) is 9.37 Å². The van der Waals surface area contributed by atoms with Gasteiger partial charge in [-0.1, -0.05) is 6.07 Å². The van der Waals surface area contributed by atoms with Gasteiger partial charge < -0.3 is 9.84 Å². The number of hydrogen-bond donors (Lipinski definition) is 1. The predicted octanol–water partition coefficient (Wildman–Crippen LogP) is 2.91. The number of thiazole rings is 1. The predicted molar refractivity (Wildman–Crippen MR) is 63.5 cm³/mol. The molecule has 0 unspecified atom stereocenters. The molecule has 90 valence electrons. The van der Waals surface area contributed by atoms with Crippen LogP contribution in [0.4, 0.5) is 4.39 Å². The number of aromatic nitrogens is 1. The van der Waals surface area contributed by atoms with Gasteiger partial charge >= 0.3 is 0 Å². The van der Waals surface area contributed by atoms with E-state index < -0.39 is 11.9 Å². The van der Waals surface area contributed by atoms with Gasteiger partial charge in [0, 0.05) is 11.6 Å². The normalized spacial score (nSPS) is 12.4. The molecule has 0 saturated carbocycles. The summed E-state index contributed by atoms with van der Waals surface area (Å²) < 4.78 is 18.9. The van der Waals surface area contributed by atoms with Crippen LogP contribution < -0.4 is 4.74 Å². The number of aliphatic hydroxyl groups is 1. The topological polar surface area (TPSA) is 42.4 Å². The van der Waals surface area contributed by atoms with Crippen LogP contribution in [0.1, 0.15) is 23.6 Å². The third kappa shape index (κ3) is 3.01. The van der Waals surface area contributed by atoms with Gasteiger partial charge in [0.25, 0.3) is 0 Å². The average Bonchev–Trinajstić information content (AvgIpc) is 2.80. The second-order valence-corrected chi connectivity index (χ2v) is 4.56. The molecule has 1 aromatic heterocycles. The highest BCUT2D eigenvalue weighted by Gasteiger charge is 2.08. The highest BCUT2D eigenvalue weighted by atomic mass is 32.1. The van der Waals surface area contributed by atoms with Crippen molar-refractivity contribution in [3.05, 3.63) is 46.2 Å². The molecule has 1 heterocycles. The highest BCUT2D eigenvalue weighted by molar-refractivity contribution is 7.09. The molecule has 0 aliphatic rings. The van der Waals surface area contributed by atoms with Crippen LogP contribution in [0.25, 0.3) is 0 Å². The lowest BCUT2D eigenvalue weighted by atomic mass is 10.1. The Hall–Kier alpha value is -1.46. The van der Waals surface area contributed by atoms with Crippen LogP contribution >= 0.6 is 11.3 Å². The molecular weight excluding hydrogens is 241 g/mol. The van der Waals surface area contributed by atoms with Crippen molar-refractivity contribution in [3.63, 3.8) is 0 Å². The molecule has 1 N–H and O–H groups in total. The molecule has 0 aliphatic heterocycles. The van der Waals surface area contributed by atoms with Crippen molar-refractivity contribution in [1.82, 2.24) is 4.98 Å². The minimum absolute atomic E-state index is 0.171. The van der Waals surface area contributed by atoms with Crippen molar-refractivity contribution in [2.24, 2.45) is 0 Å². The summed E-state index contributed by atoms with van der Waals surface area (Å²) in [6.07, 6.45) is 0.994. The van der Waals surface area contributed by atoms with Crippen LogP contribution in [0.15, 0.2) is 29.8 Å². The number of benzene rings is 1. The lowest BCUT2D eigenvalue weighted by Crippen LogP contribution is -1.98. The zero-order chi connectivity index (χ0) is 12.3. The molecule has 3 nitrogen and oxygen atoms in total. The molecule has 2 rings (SSSR count). The summed E-state index contributed by atoms with van der Waals surface area (Å²) in [7, 11) is 0. The summed E-state index contributed by atoms with van der Waals surface area (Å²) in [6.45, 7) is 1.84. The Morgan fingerprint density at radius 3 is 2.94 bits per heavy atom. The molecule has 2 aromatic rings. The smallest absolute Gasteiger partial charge is 0.165 e. The fourth-order valence-electron chi connectivity index (χ4n) is 1.36. The molecule has 17 heavy (non-hydrogen) atoms. The van der Waals surface area contributed by atoms with Gasteiger partial charge in [0.15, 0.2) is 11.6 Å². The number of nitrogens with zero attached hydrogens (tertiary/aromatic N) is 1. The monoisotopic (exact) mass is 253 g/mol. The molecule has 0 spiro atoms. The first-order chi connectivity index (χ1) is 8.16. The van der Waals surface area contributed by atoms with E-state index in [1.807, 2.05) is 5.38 Å². The minimum atomic E-state index is -0.683. The molecule has 1 aromatic carbocycles. The van der Waals surface area contributed by atoms with E-state index in [1.165, 1.54) is 23.5 Å². The summed E-state index contributed by atoms with van der Waals surface area (Å²) in [5.41, 5.74) is 0.532. The van der Waals surface area contributed by atoms with Gasteiger partial charge in [-0.2, -0.15) is 0 Å². The van der Waals surface area contributed by atoms with Gasteiger partial charge in [-0.3, -0.25) is 0 Å². The highest BCUT2D eigenvalue weighted by Crippen LogP contribution is 2.23. The summed E-state index contributed by atoms with van der Waals surface area (Å²) in [5.74, 6) is -0.301. The number of aliphatic hydroxyl groups excluding tert-OH is 1. The number of hydrogen-bond acceptors (Lipinski definition) is 4. The van der Waals surface area contributed by atoms with E-state index >= 15 is 0 Å². The van der Waals surface area contributed by atoms with Crippen LogP contribution in [-0.2, 0) is 6.61 Å². The Kier molecular flexibility index (Phi) is 3.71. The fourth-order valence-corrected chi connectivity index (χ4v) is 1.89. The number of rotatable bonds is 4. The van der Waals surface area contributed by atoms with Crippen LogP contribution in [0.3, 0.4) is 0 Å². The SMILES string of the molecule is C[C@H](O)c1ccc(OCc2nccs2)c(F)c1. The minimum Gasteiger partial charge on any atom is -0.483 e. The lowest BCUT2D eigenvalue weighted by molar-refractivity contribution is 0.198. The largest absolute Gasteiger partial charge is 0.483 e. The Balaban J connectivity index is 2.06. The van der Waals surface area contributed by atoms with Crippen LogP contribution in [0.2, 0.25) is 0 Å². The second kappa shape index (κ2) is 5.25. The maximum atomic E-state index is 13.6. The van der Waals surface area contributed by atoms with Crippen LogP contribution in [0, 0.1) is 5.82 Å². The van der Waals surface area contributed by atoms with E-state index in [0.717, 1.165) is 5.01 Å². The van der Waals surface area contributed by atoms with Crippen molar-refractivity contribution < 1.29 is 14.2 Å². The summed E-state index contributed by atoms with van der Waals surface area (Å²) in [4.78, 5) is 4.04. The average molecular weight is 253 g/mol. The summed E-state index contributed by atoms with van der Waals surface area (Å²) >= 11 is 1.46. The number of halogens is 1. The van der Waals surface area contributed by atoms with Crippen molar-refractivity contribution in [3.8, 4) is 5.75 Å². The Bertz CT molecular complexity index is 485. The van der Waals surface area contributed by atoms with Crippen molar-refractivity contribution in [2.45, 2.75) is 19.6 Å². The number of ether oxygens (including phenoxy) is 1. The molecular formula is C12H12FNO2S. The first-order valence-corrected chi connectivity index (χ1v) is 6.03. The van der Waals surface area contributed by atoms with Crippen LogP contribution in [0.5, 0.6) is 5.75 Å². The zero-order valence-electron chi connectivity index (χ0n) is 9.26. The van der Waals surface area contributed by atoms with Gasteiger partial charge in [-0.15, -0.1) is 11.3 Å². The van der Waals surface area contributed by atoms with Gasteiger partial charge in [0.05, 0.1) is 6.10 Å². The maximum absolute atomic E-state index is 13.6. The Labute approximate surface area is 103 Å². The molecule has 5 heteroatoms. The standard InChI is InChI=1S/C12H12FNO2S/c1-8(15)9-2-3-11(10(13)6-9)16-7-12-14-4-5-17-12/h2-6,8,15H,7H2,1H3/t8-/m0/s1. The third-order valence-corrected chi connectivity index (χ3v) is 3.03. The summed E-state index contributed by atoms with van der Waals surface area (Å²) in [6, 6.07) is 4.44. The zero-order valence-corrected chi connectivity index (χ0v) is 10.1. The Morgan fingerprint density at radius 1 is 1.53 bits per heavy atom. The van der Waals surface area contributed by atoms with E-state index in [2.05, 4.69) is 4.98 Å². The van der Waals surface area contributed by atoms with E-state index in [1.54, 1.807) is 19.2 Å². The quantitative estimate of drug-likeness (QED) is 0.911.